The first-order valence-electron chi connectivity index (χ1n) is 9.58. The van der Waals surface area contributed by atoms with E-state index in [0.717, 1.165) is 28.8 Å². The lowest BCUT2D eigenvalue weighted by molar-refractivity contribution is -0.136. The molecule has 0 spiro atoms. The van der Waals surface area contributed by atoms with Gasteiger partial charge in [0.1, 0.15) is 6.61 Å². The number of aliphatic hydroxyl groups is 1. The fraction of sp³-hybridized carbons (Fsp3) is 0.348. The highest BCUT2D eigenvalue weighted by Crippen LogP contribution is 2.46. The van der Waals surface area contributed by atoms with Crippen molar-refractivity contribution in [2.45, 2.75) is 18.5 Å². The number of carbonyl (C=O) groups is 1. The average Bonchev–Trinajstić information content (AvgIpc) is 3.18. The normalized spacial score (nSPS) is 22.5. The van der Waals surface area contributed by atoms with Crippen molar-refractivity contribution in [3.63, 3.8) is 0 Å². The fourth-order valence-corrected chi connectivity index (χ4v) is 4.29. The van der Waals surface area contributed by atoms with Gasteiger partial charge in [-0.25, -0.2) is 0 Å². The van der Waals surface area contributed by atoms with E-state index in [-0.39, 0.29) is 37.1 Å². The van der Waals surface area contributed by atoms with Crippen molar-refractivity contribution in [3.05, 3.63) is 65.2 Å². The number of nitrogens with one attached hydrogen (secondary N) is 1. The molecule has 1 amide bonds. The summed E-state index contributed by atoms with van der Waals surface area (Å²) in [7, 11) is 1.54. The van der Waals surface area contributed by atoms with Crippen LogP contribution in [0, 0.1) is 17.8 Å². The lowest BCUT2D eigenvalue weighted by Crippen LogP contribution is -2.43. The van der Waals surface area contributed by atoms with Crippen molar-refractivity contribution in [2.24, 2.45) is 5.92 Å². The number of hydrogen-bond donors (Lipinski definition) is 2. The van der Waals surface area contributed by atoms with Crippen LogP contribution in [0.4, 0.5) is 5.69 Å². The number of benzene rings is 2. The number of aliphatic hydroxyl groups excluding tert-OH is 1. The van der Waals surface area contributed by atoms with E-state index >= 15 is 0 Å². The first-order valence-corrected chi connectivity index (χ1v) is 9.58. The maximum absolute atomic E-state index is 12.6. The minimum absolute atomic E-state index is 0.0136. The molecule has 1 saturated heterocycles. The number of fused-ring (bicyclic) bond motifs is 3. The number of rotatable bonds is 3. The zero-order valence-electron chi connectivity index (χ0n) is 15.9. The van der Waals surface area contributed by atoms with E-state index in [1.165, 1.54) is 7.11 Å². The van der Waals surface area contributed by atoms with E-state index in [0.29, 0.717) is 6.54 Å². The summed E-state index contributed by atoms with van der Waals surface area (Å²) in [4.78, 5) is 14.5. The molecule has 2 aromatic rings. The quantitative estimate of drug-likeness (QED) is 0.808. The van der Waals surface area contributed by atoms with Crippen molar-refractivity contribution in [1.82, 2.24) is 4.90 Å². The molecule has 0 aromatic heterocycles. The van der Waals surface area contributed by atoms with Gasteiger partial charge in [-0.15, -0.1) is 0 Å². The molecule has 2 aliphatic rings. The molecule has 2 aromatic carbocycles. The predicted octanol–water partition coefficient (Wildman–Crippen LogP) is 2.41. The van der Waals surface area contributed by atoms with Gasteiger partial charge in [0.15, 0.2) is 0 Å². The van der Waals surface area contributed by atoms with E-state index in [1.54, 1.807) is 0 Å². The SMILES string of the molecule is COCC(=O)N1CC[C@@H]2[C@H]1c1cc(C#Cc3ccccc3)ccc1N[C@@H]2CO. The number of anilines is 1. The van der Waals surface area contributed by atoms with E-state index in [9.17, 15) is 9.90 Å². The summed E-state index contributed by atoms with van der Waals surface area (Å²) >= 11 is 0. The first-order chi connectivity index (χ1) is 13.7. The van der Waals surface area contributed by atoms with Crippen LogP contribution in [0.3, 0.4) is 0 Å². The van der Waals surface area contributed by atoms with Gasteiger partial charge in [-0.2, -0.15) is 0 Å². The van der Waals surface area contributed by atoms with Crippen molar-refractivity contribution >= 4 is 11.6 Å². The third-order valence-electron chi connectivity index (χ3n) is 5.58. The van der Waals surface area contributed by atoms with Gasteiger partial charge in [-0.3, -0.25) is 4.79 Å². The molecular formula is C23H24N2O3. The number of hydrogen-bond acceptors (Lipinski definition) is 4. The molecule has 0 aliphatic carbocycles. The maximum atomic E-state index is 12.6. The lowest BCUT2D eigenvalue weighted by Gasteiger charge is -2.39. The second kappa shape index (κ2) is 8.05. The average molecular weight is 376 g/mol. The second-order valence-electron chi connectivity index (χ2n) is 7.27. The molecule has 28 heavy (non-hydrogen) atoms. The Morgan fingerprint density at radius 2 is 2.00 bits per heavy atom. The third-order valence-corrected chi connectivity index (χ3v) is 5.58. The Labute approximate surface area is 165 Å². The van der Waals surface area contributed by atoms with Crippen molar-refractivity contribution in [1.29, 1.82) is 0 Å². The van der Waals surface area contributed by atoms with Crippen LogP contribution in [-0.2, 0) is 9.53 Å². The van der Waals surface area contributed by atoms with Gasteiger partial charge < -0.3 is 20.1 Å². The Morgan fingerprint density at radius 1 is 1.21 bits per heavy atom. The van der Waals surface area contributed by atoms with Crippen LogP contribution in [0.2, 0.25) is 0 Å². The molecule has 5 nitrogen and oxygen atoms in total. The molecule has 4 rings (SSSR count). The highest BCUT2D eigenvalue weighted by Gasteiger charge is 2.45. The predicted molar refractivity (Wildman–Crippen MR) is 108 cm³/mol. The molecule has 3 atom stereocenters. The van der Waals surface area contributed by atoms with Crippen molar-refractivity contribution in [3.8, 4) is 11.8 Å². The van der Waals surface area contributed by atoms with Gasteiger partial charge in [0.05, 0.1) is 18.7 Å². The van der Waals surface area contributed by atoms with E-state index in [2.05, 4.69) is 23.2 Å². The van der Waals surface area contributed by atoms with Crippen molar-refractivity contribution in [2.75, 3.05) is 32.2 Å². The number of likely N-dealkylation sites (tertiary alicyclic amines) is 1. The summed E-state index contributed by atoms with van der Waals surface area (Å²) < 4.78 is 5.07. The second-order valence-corrected chi connectivity index (χ2v) is 7.27. The van der Waals surface area contributed by atoms with Crippen LogP contribution in [0.1, 0.15) is 29.2 Å². The number of ether oxygens (including phenoxy) is 1. The molecule has 0 saturated carbocycles. The van der Waals surface area contributed by atoms with Gasteiger partial charge >= 0.3 is 0 Å². The summed E-state index contributed by atoms with van der Waals surface area (Å²) in [6, 6.07) is 15.8. The lowest BCUT2D eigenvalue weighted by atomic mass is 9.82. The van der Waals surface area contributed by atoms with Crippen LogP contribution in [-0.4, -0.2) is 48.8 Å². The summed E-state index contributed by atoms with van der Waals surface area (Å²) in [6.45, 7) is 0.792. The molecule has 2 heterocycles. The molecule has 0 radical (unpaired) electrons. The first kappa shape index (κ1) is 18.5. The summed E-state index contributed by atoms with van der Waals surface area (Å²) in [6.07, 6.45) is 0.859. The van der Waals surface area contributed by atoms with Gasteiger partial charge in [0, 0.05) is 36.4 Å². The highest BCUT2D eigenvalue weighted by atomic mass is 16.5. The number of methoxy groups -OCH3 is 1. The van der Waals surface area contributed by atoms with Crippen molar-refractivity contribution < 1.29 is 14.6 Å². The molecule has 2 N–H and O–H groups in total. The minimum atomic E-state index is -0.0606. The number of amides is 1. The summed E-state index contributed by atoms with van der Waals surface area (Å²) in [5.41, 5.74) is 3.91. The van der Waals surface area contributed by atoms with Crippen LogP contribution < -0.4 is 5.32 Å². The Morgan fingerprint density at radius 3 is 2.75 bits per heavy atom. The van der Waals surface area contributed by atoms with Crippen LogP contribution >= 0.6 is 0 Å². The Bertz CT molecular complexity index is 916. The molecule has 2 aliphatic heterocycles. The van der Waals surface area contributed by atoms with Gasteiger partial charge in [0.2, 0.25) is 5.91 Å². The van der Waals surface area contributed by atoms with E-state index in [4.69, 9.17) is 4.74 Å². The van der Waals surface area contributed by atoms with E-state index in [1.807, 2.05) is 47.4 Å². The highest BCUT2D eigenvalue weighted by molar-refractivity contribution is 5.79. The van der Waals surface area contributed by atoms with Crippen LogP contribution in [0.15, 0.2) is 48.5 Å². The summed E-state index contributed by atoms with van der Waals surface area (Å²) in [5, 5.41) is 13.3. The van der Waals surface area contributed by atoms with Crippen LogP contribution in [0.5, 0.6) is 0 Å². The monoisotopic (exact) mass is 376 g/mol. The fourth-order valence-electron chi connectivity index (χ4n) is 4.29. The Hall–Kier alpha value is -2.81. The smallest absolute Gasteiger partial charge is 0.249 e. The molecule has 5 heteroatoms. The maximum Gasteiger partial charge on any atom is 0.249 e. The van der Waals surface area contributed by atoms with Gasteiger partial charge in [-0.1, -0.05) is 30.0 Å². The summed E-state index contributed by atoms with van der Waals surface area (Å²) in [5.74, 6) is 6.58. The van der Waals surface area contributed by atoms with Gasteiger partial charge in [-0.05, 0) is 42.3 Å². The zero-order valence-corrected chi connectivity index (χ0v) is 15.9. The Balaban J connectivity index is 1.70. The largest absolute Gasteiger partial charge is 0.394 e. The van der Waals surface area contributed by atoms with Crippen LogP contribution in [0.25, 0.3) is 0 Å². The molecular weight excluding hydrogens is 352 g/mol. The number of carbonyl (C=O) groups excluding carboxylic acids is 1. The molecule has 0 bridgehead atoms. The zero-order chi connectivity index (χ0) is 19.5. The molecule has 144 valence electrons. The van der Waals surface area contributed by atoms with Gasteiger partial charge in [0.25, 0.3) is 0 Å². The van der Waals surface area contributed by atoms with E-state index < -0.39 is 0 Å². The number of nitrogens with zero attached hydrogens (tertiary/aromatic N) is 1. The third kappa shape index (κ3) is 3.49. The minimum Gasteiger partial charge on any atom is -0.394 e. The standard InChI is InChI=1S/C23H24N2O3/c1-28-15-22(27)25-12-11-18-21(14-26)24-20-10-9-17(13-19(20)23(18)25)8-7-16-5-3-2-4-6-16/h2-6,9-10,13,18,21,23-24,26H,11-12,14-15H2,1H3/t18-,21+,23-/m0/s1. The molecule has 1 fully saturated rings. The topological polar surface area (TPSA) is 61.8 Å². The Kier molecular flexibility index (Phi) is 5.34. The molecule has 0 unspecified atom stereocenters.